The zero-order valence-corrected chi connectivity index (χ0v) is 21.7. The number of hydrogen-bond donors (Lipinski definition) is 1. The highest BCUT2D eigenvalue weighted by atomic mass is 32.2. The maximum absolute atomic E-state index is 12.7. The van der Waals surface area contributed by atoms with Gasteiger partial charge in [-0.1, -0.05) is 50.2 Å². The van der Waals surface area contributed by atoms with Crippen molar-refractivity contribution in [1.29, 1.82) is 5.26 Å². The highest BCUT2D eigenvalue weighted by Gasteiger charge is 2.23. The second-order valence-electron chi connectivity index (χ2n) is 8.09. The van der Waals surface area contributed by atoms with Crippen LogP contribution in [0.3, 0.4) is 0 Å². The number of sulfone groups is 1. The standard InChI is InChI=1S/C25H26N4O5S2/c1-4-33-22-13-19(10-11-21(22)34-15-18-8-6-5-7-9-18)12-20(14-26)23(30)27-24-28-25(29-35-24)36(31,32)16-17(2)3/h5-13,17H,4,15-16H2,1-3H3,(H,27,28,29,30)/b20-12-. The van der Waals surface area contributed by atoms with E-state index in [9.17, 15) is 18.5 Å². The highest BCUT2D eigenvalue weighted by molar-refractivity contribution is 7.91. The summed E-state index contributed by atoms with van der Waals surface area (Å²) in [5.41, 5.74) is 1.36. The summed E-state index contributed by atoms with van der Waals surface area (Å²) in [5.74, 6) is 0.0762. The number of rotatable bonds is 11. The van der Waals surface area contributed by atoms with Crippen molar-refractivity contribution in [2.75, 3.05) is 17.7 Å². The molecule has 0 bridgehead atoms. The molecule has 1 N–H and O–H groups in total. The van der Waals surface area contributed by atoms with Crippen LogP contribution in [0.1, 0.15) is 31.9 Å². The van der Waals surface area contributed by atoms with Gasteiger partial charge in [-0.25, -0.2) is 8.42 Å². The van der Waals surface area contributed by atoms with Gasteiger partial charge in [-0.05, 0) is 42.2 Å². The van der Waals surface area contributed by atoms with Crippen LogP contribution < -0.4 is 14.8 Å². The van der Waals surface area contributed by atoms with E-state index in [0.717, 1.165) is 17.1 Å². The molecule has 1 heterocycles. The Morgan fingerprint density at radius 1 is 1.17 bits per heavy atom. The van der Waals surface area contributed by atoms with Crippen LogP contribution in [0.4, 0.5) is 5.13 Å². The van der Waals surface area contributed by atoms with E-state index in [0.29, 0.717) is 30.3 Å². The fraction of sp³-hybridized carbons (Fsp3) is 0.280. The molecule has 0 atom stereocenters. The van der Waals surface area contributed by atoms with Crippen LogP contribution in [0, 0.1) is 17.2 Å². The van der Waals surface area contributed by atoms with Gasteiger partial charge in [-0.3, -0.25) is 10.1 Å². The summed E-state index contributed by atoms with van der Waals surface area (Å²) in [6.45, 7) is 6.15. The SMILES string of the molecule is CCOc1cc(/C=C(/C#N)C(=O)Nc2nc(S(=O)(=O)CC(C)C)ns2)ccc1OCc1ccccc1. The fourth-order valence-electron chi connectivity index (χ4n) is 3.12. The van der Waals surface area contributed by atoms with Gasteiger partial charge in [0.15, 0.2) is 11.5 Å². The second kappa shape index (κ2) is 12.3. The first-order chi connectivity index (χ1) is 17.2. The third kappa shape index (κ3) is 7.37. The third-order valence-electron chi connectivity index (χ3n) is 4.64. The summed E-state index contributed by atoms with van der Waals surface area (Å²) in [6.07, 6.45) is 1.40. The Morgan fingerprint density at radius 2 is 1.92 bits per heavy atom. The lowest BCUT2D eigenvalue weighted by Crippen LogP contribution is -2.15. The van der Waals surface area contributed by atoms with Crippen LogP contribution in [0.5, 0.6) is 11.5 Å². The van der Waals surface area contributed by atoms with Crippen molar-refractivity contribution in [3.8, 4) is 17.6 Å². The van der Waals surface area contributed by atoms with Crippen LogP contribution >= 0.6 is 11.5 Å². The van der Waals surface area contributed by atoms with Crippen LogP contribution in [-0.4, -0.2) is 36.0 Å². The summed E-state index contributed by atoms with van der Waals surface area (Å²) in [6, 6.07) is 16.6. The van der Waals surface area contributed by atoms with Crippen molar-refractivity contribution in [2.24, 2.45) is 5.92 Å². The van der Waals surface area contributed by atoms with Crippen molar-refractivity contribution in [2.45, 2.75) is 32.5 Å². The lowest BCUT2D eigenvalue weighted by molar-refractivity contribution is -0.112. The van der Waals surface area contributed by atoms with Gasteiger partial charge in [-0.2, -0.15) is 14.6 Å². The van der Waals surface area contributed by atoms with Crippen LogP contribution in [0.2, 0.25) is 0 Å². The number of aromatic nitrogens is 2. The topological polar surface area (TPSA) is 131 Å². The molecule has 11 heteroatoms. The summed E-state index contributed by atoms with van der Waals surface area (Å²) < 4.78 is 40.0. The zero-order chi connectivity index (χ0) is 26.1. The molecule has 0 aliphatic heterocycles. The highest BCUT2D eigenvalue weighted by Crippen LogP contribution is 2.30. The monoisotopic (exact) mass is 526 g/mol. The van der Waals surface area contributed by atoms with Crippen molar-refractivity contribution in [3.05, 3.63) is 65.2 Å². The summed E-state index contributed by atoms with van der Waals surface area (Å²) in [7, 11) is -3.65. The minimum atomic E-state index is -3.65. The molecule has 0 aliphatic rings. The molecule has 0 unspecified atom stereocenters. The molecule has 2 aromatic carbocycles. The van der Waals surface area contributed by atoms with Gasteiger partial charge in [0.2, 0.25) is 15.0 Å². The number of nitriles is 1. The largest absolute Gasteiger partial charge is 0.490 e. The van der Waals surface area contributed by atoms with Crippen molar-refractivity contribution < 1.29 is 22.7 Å². The first-order valence-electron chi connectivity index (χ1n) is 11.1. The van der Waals surface area contributed by atoms with Crippen LogP contribution in [-0.2, 0) is 21.2 Å². The maximum atomic E-state index is 12.7. The Bertz CT molecular complexity index is 1380. The summed E-state index contributed by atoms with van der Waals surface area (Å²) in [5, 5.41) is 11.6. The maximum Gasteiger partial charge on any atom is 0.268 e. The zero-order valence-electron chi connectivity index (χ0n) is 20.1. The molecule has 0 spiro atoms. The van der Waals surface area contributed by atoms with Gasteiger partial charge in [0.1, 0.15) is 18.2 Å². The average Bonchev–Trinajstić information content (AvgIpc) is 3.31. The number of nitrogens with zero attached hydrogens (tertiary/aromatic N) is 3. The Labute approximate surface area is 214 Å². The molecule has 188 valence electrons. The van der Waals surface area contributed by atoms with Gasteiger partial charge in [-0.15, -0.1) is 0 Å². The van der Waals surface area contributed by atoms with E-state index in [4.69, 9.17) is 9.47 Å². The molecular formula is C25H26N4O5S2. The summed E-state index contributed by atoms with van der Waals surface area (Å²) in [4.78, 5) is 16.6. The van der Waals surface area contributed by atoms with E-state index in [2.05, 4.69) is 14.7 Å². The van der Waals surface area contributed by atoms with E-state index in [1.54, 1.807) is 32.0 Å². The molecule has 1 aromatic heterocycles. The molecule has 0 fully saturated rings. The third-order valence-corrected chi connectivity index (χ3v) is 7.23. The molecule has 9 nitrogen and oxygen atoms in total. The van der Waals surface area contributed by atoms with Gasteiger partial charge >= 0.3 is 0 Å². The number of amides is 1. The van der Waals surface area contributed by atoms with E-state index in [1.807, 2.05) is 43.3 Å². The minimum Gasteiger partial charge on any atom is -0.490 e. The lowest BCUT2D eigenvalue weighted by atomic mass is 10.1. The molecule has 1 amide bonds. The molecule has 0 radical (unpaired) electrons. The number of nitrogens with one attached hydrogen (secondary N) is 1. The van der Waals surface area contributed by atoms with Crippen molar-refractivity contribution >= 4 is 38.5 Å². The normalized spacial score (nSPS) is 11.7. The lowest BCUT2D eigenvalue weighted by Gasteiger charge is -2.13. The quantitative estimate of drug-likeness (QED) is 0.286. The van der Waals surface area contributed by atoms with E-state index in [-0.39, 0.29) is 27.5 Å². The molecule has 3 rings (SSSR count). The number of benzene rings is 2. The van der Waals surface area contributed by atoms with Gasteiger partial charge in [0.05, 0.1) is 12.4 Å². The minimum absolute atomic E-state index is 0.0110. The van der Waals surface area contributed by atoms with E-state index < -0.39 is 15.7 Å². The van der Waals surface area contributed by atoms with Gasteiger partial charge < -0.3 is 9.47 Å². The van der Waals surface area contributed by atoms with Crippen molar-refractivity contribution in [3.63, 3.8) is 0 Å². The average molecular weight is 527 g/mol. The summed E-state index contributed by atoms with van der Waals surface area (Å²) >= 11 is 0.735. The van der Waals surface area contributed by atoms with Crippen LogP contribution in [0.15, 0.2) is 59.3 Å². The molecule has 0 saturated heterocycles. The number of hydrogen-bond acceptors (Lipinski definition) is 9. The smallest absolute Gasteiger partial charge is 0.268 e. The Morgan fingerprint density at radius 3 is 2.58 bits per heavy atom. The first-order valence-corrected chi connectivity index (χ1v) is 13.6. The van der Waals surface area contributed by atoms with Gasteiger partial charge in [0, 0.05) is 11.5 Å². The predicted molar refractivity (Wildman–Crippen MR) is 137 cm³/mol. The molecule has 0 saturated carbocycles. The molecule has 0 aliphatic carbocycles. The fourth-order valence-corrected chi connectivity index (χ4v) is 5.47. The molecular weight excluding hydrogens is 500 g/mol. The first kappa shape index (κ1) is 26.8. The second-order valence-corrected chi connectivity index (χ2v) is 10.8. The molecule has 3 aromatic rings. The Kier molecular flexibility index (Phi) is 9.16. The number of carbonyl (C=O) groups excluding carboxylic acids is 1. The Hall–Kier alpha value is -3.75. The van der Waals surface area contributed by atoms with Gasteiger partial charge in [0.25, 0.3) is 11.1 Å². The van der Waals surface area contributed by atoms with E-state index in [1.165, 1.54) is 6.08 Å². The molecule has 36 heavy (non-hydrogen) atoms. The van der Waals surface area contributed by atoms with E-state index >= 15 is 0 Å². The number of carbonyl (C=O) groups is 1. The van der Waals surface area contributed by atoms with Crippen LogP contribution in [0.25, 0.3) is 6.08 Å². The predicted octanol–water partition coefficient (Wildman–Crippen LogP) is 4.49. The number of anilines is 1. The van der Waals surface area contributed by atoms with Crippen molar-refractivity contribution in [1.82, 2.24) is 9.36 Å². The Balaban J connectivity index is 1.75. The number of ether oxygens (including phenoxy) is 2.